The Hall–Kier alpha value is -3.59. The fourth-order valence-corrected chi connectivity index (χ4v) is 5.20. The number of amides is 1. The summed E-state index contributed by atoms with van der Waals surface area (Å²) in [5, 5.41) is 2.80. The Bertz CT molecular complexity index is 1460. The lowest BCUT2D eigenvalue weighted by Gasteiger charge is -2.15. The molecule has 7 heteroatoms. The molecule has 0 saturated carbocycles. The van der Waals surface area contributed by atoms with Gasteiger partial charge in [-0.2, -0.15) is 0 Å². The first-order chi connectivity index (χ1) is 18.0. The fourth-order valence-electron chi connectivity index (χ4n) is 4.53. The van der Waals surface area contributed by atoms with E-state index in [2.05, 4.69) is 81.0 Å². The van der Waals surface area contributed by atoms with Crippen molar-refractivity contribution in [3.63, 3.8) is 0 Å². The van der Waals surface area contributed by atoms with E-state index in [1.807, 2.05) is 30.3 Å². The maximum atomic E-state index is 11.4. The Morgan fingerprint density at radius 3 is 2.65 bits per heavy atom. The van der Waals surface area contributed by atoms with E-state index >= 15 is 0 Å². The van der Waals surface area contributed by atoms with Crippen LogP contribution in [0.15, 0.2) is 72.8 Å². The molecule has 188 valence electrons. The lowest BCUT2D eigenvalue weighted by Crippen LogP contribution is -2.07. The van der Waals surface area contributed by atoms with Crippen molar-refractivity contribution in [2.24, 2.45) is 0 Å². The highest BCUT2D eigenvalue weighted by Gasteiger charge is 2.20. The Morgan fingerprint density at radius 2 is 1.89 bits per heavy atom. The molecular formula is C30H28IN3O3. The summed E-state index contributed by atoms with van der Waals surface area (Å²) in [5.74, 6) is 2.35. The zero-order valence-electron chi connectivity index (χ0n) is 20.8. The van der Waals surface area contributed by atoms with E-state index in [1.54, 1.807) is 7.11 Å². The molecule has 0 saturated heterocycles. The molecule has 1 aromatic heterocycles. The van der Waals surface area contributed by atoms with Gasteiger partial charge in [0.05, 0.1) is 22.1 Å². The van der Waals surface area contributed by atoms with Crippen molar-refractivity contribution in [3.05, 3.63) is 98.9 Å². The highest BCUT2D eigenvalue weighted by Crippen LogP contribution is 2.32. The molecule has 0 radical (unpaired) electrons. The number of rotatable bonds is 8. The topological polar surface area (TPSA) is 65.4 Å². The summed E-state index contributed by atoms with van der Waals surface area (Å²) in [7, 11) is 1.67. The van der Waals surface area contributed by atoms with Crippen LogP contribution in [0.1, 0.15) is 35.9 Å². The molecule has 6 nitrogen and oxygen atoms in total. The molecule has 1 amide bonds. The van der Waals surface area contributed by atoms with Gasteiger partial charge in [-0.25, -0.2) is 4.98 Å². The van der Waals surface area contributed by atoms with E-state index < -0.39 is 0 Å². The number of carbonyl (C=O) groups is 1. The molecule has 37 heavy (non-hydrogen) atoms. The summed E-state index contributed by atoms with van der Waals surface area (Å²) in [6.45, 7) is 2.58. The highest BCUT2D eigenvalue weighted by atomic mass is 127. The number of hydrogen-bond donors (Lipinski definition) is 1. The second kappa shape index (κ2) is 11.2. The largest absolute Gasteiger partial charge is 0.496 e. The zero-order valence-corrected chi connectivity index (χ0v) is 23.0. The third-order valence-corrected chi connectivity index (χ3v) is 7.11. The maximum Gasteiger partial charge on any atom is 0.221 e. The molecule has 0 fully saturated rings. The predicted octanol–water partition coefficient (Wildman–Crippen LogP) is 6.71. The first kappa shape index (κ1) is 25.1. The first-order valence-corrected chi connectivity index (χ1v) is 13.3. The van der Waals surface area contributed by atoms with Crippen molar-refractivity contribution in [3.8, 4) is 22.9 Å². The number of fused-ring (bicyclic) bond motifs is 1. The second-order valence-electron chi connectivity index (χ2n) is 8.92. The van der Waals surface area contributed by atoms with Crippen LogP contribution in [-0.4, -0.2) is 22.6 Å². The van der Waals surface area contributed by atoms with Crippen LogP contribution in [0, 0.1) is 3.57 Å². The molecule has 0 bridgehead atoms. The minimum absolute atomic E-state index is 0.103. The Morgan fingerprint density at radius 1 is 1.08 bits per heavy atom. The van der Waals surface area contributed by atoms with Crippen LogP contribution in [0.4, 0.5) is 5.69 Å². The minimum Gasteiger partial charge on any atom is -0.496 e. The van der Waals surface area contributed by atoms with Gasteiger partial charge < -0.3 is 19.4 Å². The molecular weight excluding hydrogens is 577 g/mol. The van der Waals surface area contributed by atoms with Crippen LogP contribution in [-0.2, 0) is 24.4 Å². The molecule has 0 aliphatic heterocycles. The number of carbonyl (C=O) groups excluding carboxylic acids is 1. The SMILES string of the molecule is COc1ccc(-c2nc3c(n2Cc2ccccc2)C=CCC3)cc1COc1ccc(NC(C)=O)cc1I. The number of imidazole rings is 1. The van der Waals surface area contributed by atoms with Crippen molar-refractivity contribution in [2.45, 2.75) is 32.9 Å². The average Bonchev–Trinajstić information content (AvgIpc) is 3.26. The number of anilines is 1. The van der Waals surface area contributed by atoms with Crippen LogP contribution in [0.25, 0.3) is 17.5 Å². The summed E-state index contributed by atoms with van der Waals surface area (Å²) in [5.41, 5.74) is 6.24. The zero-order chi connectivity index (χ0) is 25.8. The third kappa shape index (κ3) is 5.72. The summed E-state index contributed by atoms with van der Waals surface area (Å²) < 4.78 is 15.1. The van der Waals surface area contributed by atoms with Crippen molar-refractivity contribution in [1.29, 1.82) is 0 Å². The van der Waals surface area contributed by atoms with Gasteiger partial charge in [0, 0.05) is 30.3 Å². The molecule has 1 heterocycles. The van der Waals surface area contributed by atoms with Gasteiger partial charge in [0.1, 0.15) is 23.9 Å². The number of benzene rings is 3. The normalized spacial score (nSPS) is 12.2. The van der Waals surface area contributed by atoms with Crippen molar-refractivity contribution in [2.75, 3.05) is 12.4 Å². The van der Waals surface area contributed by atoms with Gasteiger partial charge in [0.15, 0.2) is 0 Å². The highest BCUT2D eigenvalue weighted by molar-refractivity contribution is 14.1. The van der Waals surface area contributed by atoms with Gasteiger partial charge in [0.25, 0.3) is 0 Å². The summed E-state index contributed by atoms with van der Waals surface area (Å²) in [6, 6.07) is 22.2. The Kier molecular flexibility index (Phi) is 7.60. The van der Waals surface area contributed by atoms with E-state index in [0.29, 0.717) is 6.61 Å². The summed E-state index contributed by atoms with van der Waals surface area (Å²) >= 11 is 2.22. The fraction of sp³-hybridized carbons (Fsp3) is 0.200. The van der Waals surface area contributed by atoms with Crippen molar-refractivity contribution < 1.29 is 14.3 Å². The van der Waals surface area contributed by atoms with Crippen LogP contribution < -0.4 is 14.8 Å². The van der Waals surface area contributed by atoms with E-state index in [9.17, 15) is 4.79 Å². The number of aryl methyl sites for hydroxylation is 1. The molecule has 1 N–H and O–H groups in total. The number of nitrogens with one attached hydrogen (secondary N) is 1. The maximum absolute atomic E-state index is 11.4. The van der Waals surface area contributed by atoms with Gasteiger partial charge in [-0.1, -0.05) is 36.4 Å². The minimum atomic E-state index is -0.103. The van der Waals surface area contributed by atoms with Crippen LogP contribution in [0.2, 0.25) is 0 Å². The standard InChI is InChI=1S/C30H28IN3O3/c1-20(35)32-24-13-15-29(25(31)17-24)37-19-23-16-22(12-14-28(23)36-2)30-33-26-10-6-7-11-27(26)34(30)18-21-8-4-3-5-9-21/h3-5,7-9,11-17H,6,10,18-19H2,1-2H3,(H,32,35). The number of ether oxygens (including phenoxy) is 2. The second-order valence-corrected chi connectivity index (χ2v) is 10.1. The van der Waals surface area contributed by atoms with Gasteiger partial charge in [-0.15, -0.1) is 0 Å². The Labute approximate surface area is 230 Å². The van der Waals surface area contributed by atoms with Crippen LogP contribution in [0.3, 0.4) is 0 Å². The van der Waals surface area contributed by atoms with E-state index in [-0.39, 0.29) is 5.91 Å². The number of aromatic nitrogens is 2. The molecule has 0 spiro atoms. The van der Waals surface area contributed by atoms with Crippen LogP contribution in [0.5, 0.6) is 11.5 Å². The molecule has 5 rings (SSSR count). The van der Waals surface area contributed by atoms with Gasteiger partial charge in [0.2, 0.25) is 5.91 Å². The van der Waals surface area contributed by atoms with Crippen LogP contribution >= 0.6 is 22.6 Å². The monoisotopic (exact) mass is 605 g/mol. The van der Waals surface area contributed by atoms with E-state index in [0.717, 1.165) is 62.8 Å². The van der Waals surface area contributed by atoms with E-state index in [1.165, 1.54) is 18.2 Å². The lowest BCUT2D eigenvalue weighted by molar-refractivity contribution is -0.114. The van der Waals surface area contributed by atoms with Gasteiger partial charge in [-0.05, 0) is 83.5 Å². The quantitative estimate of drug-likeness (QED) is 0.227. The number of allylic oxidation sites excluding steroid dienone is 1. The number of halogens is 1. The molecule has 1 aliphatic rings. The molecule has 0 atom stereocenters. The molecule has 3 aromatic carbocycles. The van der Waals surface area contributed by atoms with Gasteiger partial charge in [-0.3, -0.25) is 4.79 Å². The van der Waals surface area contributed by atoms with Crippen molar-refractivity contribution in [1.82, 2.24) is 9.55 Å². The summed E-state index contributed by atoms with van der Waals surface area (Å²) in [4.78, 5) is 16.4. The lowest BCUT2D eigenvalue weighted by atomic mass is 10.1. The number of hydrogen-bond acceptors (Lipinski definition) is 4. The predicted molar refractivity (Wildman–Crippen MR) is 155 cm³/mol. The Balaban J connectivity index is 1.46. The third-order valence-electron chi connectivity index (χ3n) is 6.26. The van der Waals surface area contributed by atoms with Gasteiger partial charge >= 0.3 is 0 Å². The number of methoxy groups -OCH3 is 1. The first-order valence-electron chi connectivity index (χ1n) is 12.2. The van der Waals surface area contributed by atoms with Crippen molar-refractivity contribution >= 4 is 40.3 Å². The molecule has 0 unspecified atom stereocenters. The molecule has 4 aromatic rings. The molecule has 1 aliphatic carbocycles. The summed E-state index contributed by atoms with van der Waals surface area (Å²) in [6.07, 6.45) is 6.37. The average molecular weight is 605 g/mol. The number of nitrogens with zero attached hydrogens (tertiary/aromatic N) is 2. The van der Waals surface area contributed by atoms with E-state index in [4.69, 9.17) is 14.5 Å². The smallest absolute Gasteiger partial charge is 0.221 e.